The third-order valence-corrected chi connectivity index (χ3v) is 3.76. The van der Waals surface area contributed by atoms with Crippen molar-refractivity contribution in [1.29, 1.82) is 0 Å². The summed E-state index contributed by atoms with van der Waals surface area (Å²) in [6.07, 6.45) is 4.13. The Hall–Kier alpha value is -2.75. The summed E-state index contributed by atoms with van der Waals surface area (Å²) >= 11 is 0. The Kier molecular flexibility index (Phi) is 6.43. The Morgan fingerprint density at radius 1 is 1.08 bits per heavy atom. The van der Waals surface area contributed by atoms with Gasteiger partial charge in [-0.25, -0.2) is 0 Å². The van der Waals surface area contributed by atoms with Gasteiger partial charge in [-0.3, -0.25) is 4.79 Å². The predicted molar refractivity (Wildman–Crippen MR) is 96.2 cm³/mol. The van der Waals surface area contributed by atoms with Gasteiger partial charge in [0.05, 0.1) is 20.3 Å². The molecule has 0 saturated carbocycles. The third kappa shape index (κ3) is 4.88. The van der Waals surface area contributed by atoms with E-state index < -0.39 is 0 Å². The van der Waals surface area contributed by atoms with Crippen LogP contribution in [0, 0.1) is 0 Å². The van der Waals surface area contributed by atoms with Crippen LogP contribution in [0.25, 0.3) is 6.08 Å². The van der Waals surface area contributed by atoms with Gasteiger partial charge in [0, 0.05) is 6.08 Å². The molecule has 2 rings (SSSR count). The molecule has 0 heterocycles. The molecule has 24 heavy (non-hydrogen) atoms. The van der Waals surface area contributed by atoms with Crippen LogP contribution in [-0.2, 0) is 4.79 Å². The highest BCUT2D eigenvalue weighted by molar-refractivity contribution is 5.92. The summed E-state index contributed by atoms with van der Waals surface area (Å²) in [7, 11) is 3.26. The number of benzene rings is 2. The van der Waals surface area contributed by atoms with Crippen molar-refractivity contribution in [3.8, 4) is 11.5 Å². The van der Waals surface area contributed by atoms with Crippen LogP contribution in [0.1, 0.15) is 30.5 Å². The van der Waals surface area contributed by atoms with E-state index in [2.05, 4.69) is 5.32 Å². The number of hydrogen-bond acceptors (Lipinski definition) is 3. The second-order valence-corrected chi connectivity index (χ2v) is 5.35. The maximum absolute atomic E-state index is 12.2. The van der Waals surface area contributed by atoms with Gasteiger partial charge in [0.25, 0.3) is 0 Å². The molecule has 2 aromatic carbocycles. The SMILES string of the molecule is CC[C@@H](NC(=O)/C=C/c1cccc(OC)c1)c1ccc(OC)cc1. The zero-order chi connectivity index (χ0) is 17.4. The first-order valence-corrected chi connectivity index (χ1v) is 7.92. The summed E-state index contributed by atoms with van der Waals surface area (Å²) in [5.74, 6) is 1.44. The Morgan fingerprint density at radius 2 is 1.79 bits per heavy atom. The van der Waals surface area contributed by atoms with E-state index in [-0.39, 0.29) is 11.9 Å². The molecule has 0 bridgehead atoms. The molecule has 0 aromatic heterocycles. The lowest BCUT2D eigenvalue weighted by atomic mass is 10.0. The van der Waals surface area contributed by atoms with Gasteiger partial charge in [-0.05, 0) is 47.9 Å². The molecule has 2 aromatic rings. The molecule has 0 aliphatic heterocycles. The van der Waals surface area contributed by atoms with Gasteiger partial charge >= 0.3 is 0 Å². The second kappa shape index (κ2) is 8.77. The number of rotatable bonds is 7. The van der Waals surface area contributed by atoms with Crippen molar-refractivity contribution in [3.63, 3.8) is 0 Å². The molecule has 4 nitrogen and oxygen atoms in total. The molecule has 0 fully saturated rings. The van der Waals surface area contributed by atoms with Gasteiger partial charge in [-0.15, -0.1) is 0 Å². The average molecular weight is 325 g/mol. The van der Waals surface area contributed by atoms with Gasteiger partial charge in [-0.2, -0.15) is 0 Å². The standard InChI is InChI=1S/C20H23NO3/c1-4-19(16-9-11-17(23-2)12-10-16)21-20(22)13-8-15-6-5-7-18(14-15)24-3/h5-14,19H,4H2,1-3H3,(H,21,22)/b13-8+/t19-/m1/s1. The van der Waals surface area contributed by atoms with E-state index in [4.69, 9.17) is 9.47 Å². The first-order chi connectivity index (χ1) is 11.7. The molecule has 1 N–H and O–H groups in total. The Morgan fingerprint density at radius 3 is 2.42 bits per heavy atom. The van der Waals surface area contributed by atoms with Crippen LogP contribution in [0.2, 0.25) is 0 Å². The molecule has 0 saturated heterocycles. The monoisotopic (exact) mass is 325 g/mol. The molecular formula is C20H23NO3. The van der Waals surface area contributed by atoms with Gasteiger partial charge < -0.3 is 14.8 Å². The number of hydrogen-bond donors (Lipinski definition) is 1. The van der Waals surface area contributed by atoms with E-state index in [0.717, 1.165) is 29.0 Å². The maximum atomic E-state index is 12.2. The fourth-order valence-corrected chi connectivity index (χ4v) is 2.39. The molecule has 1 atom stereocenters. The van der Waals surface area contributed by atoms with E-state index in [1.165, 1.54) is 0 Å². The van der Waals surface area contributed by atoms with Crippen molar-refractivity contribution in [2.45, 2.75) is 19.4 Å². The molecule has 1 amide bonds. The predicted octanol–water partition coefficient (Wildman–Crippen LogP) is 3.98. The van der Waals surface area contributed by atoms with Crippen LogP contribution < -0.4 is 14.8 Å². The van der Waals surface area contributed by atoms with Crippen LogP contribution >= 0.6 is 0 Å². The molecule has 126 valence electrons. The molecule has 0 aliphatic rings. The van der Waals surface area contributed by atoms with Crippen molar-refractivity contribution in [1.82, 2.24) is 5.32 Å². The Balaban J connectivity index is 2.01. The summed E-state index contributed by atoms with van der Waals surface area (Å²) in [6.45, 7) is 2.04. The van der Waals surface area contributed by atoms with E-state index >= 15 is 0 Å². The number of ether oxygens (including phenoxy) is 2. The lowest BCUT2D eigenvalue weighted by molar-refractivity contribution is -0.117. The van der Waals surface area contributed by atoms with Crippen molar-refractivity contribution in [3.05, 3.63) is 65.7 Å². The summed E-state index contributed by atoms with van der Waals surface area (Å²) in [4.78, 5) is 12.2. The summed E-state index contributed by atoms with van der Waals surface area (Å²) in [5.41, 5.74) is 1.98. The van der Waals surface area contributed by atoms with Crippen molar-refractivity contribution in [2.24, 2.45) is 0 Å². The molecule has 0 aliphatic carbocycles. The van der Waals surface area contributed by atoms with Crippen molar-refractivity contribution < 1.29 is 14.3 Å². The van der Waals surface area contributed by atoms with Crippen LogP contribution in [0.5, 0.6) is 11.5 Å². The Bertz CT molecular complexity index is 692. The van der Waals surface area contributed by atoms with Crippen LogP contribution in [0.4, 0.5) is 0 Å². The number of amides is 1. The molecule has 0 unspecified atom stereocenters. The smallest absolute Gasteiger partial charge is 0.244 e. The number of carbonyl (C=O) groups excluding carboxylic acids is 1. The summed E-state index contributed by atoms with van der Waals surface area (Å²) in [5, 5.41) is 3.02. The minimum Gasteiger partial charge on any atom is -0.497 e. The van der Waals surface area contributed by atoms with Crippen molar-refractivity contribution in [2.75, 3.05) is 14.2 Å². The molecule has 0 spiro atoms. The minimum absolute atomic E-state index is 0.0293. The Labute approximate surface area is 143 Å². The normalized spacial score (nSPS) is 12.0. The largest absolute Gasteiger partial charge is 0.497 e. The zero-order valence-electron chi connectivity index (χ0n) is 14.3. The highest BCUT2D eigenvalue weighted by atomic mass is 16.5. The highest BCUT2D eigenvalue weighted by Gasteiger charge is 2.11. The molecule has 4 heteroatoms. The van der Waals surface area contributed by atoms with Crippen molar-refractivity contribution >= 4 is 12.0 Å². The molecular weight excluding hydrogens is 302 g/mol. The van der Waals surface area contributed by atoms with Gasteiger partial charge in [-0.1, -0.05) is 31.2 Å². The van der Waals surface area contributed by atoms with Gasteiger partial charge in [0.15, 0.2) is 0 Å². The lowest BCUT2D eigenvalue weighted by Gasteiger charge is -2.16. The van der Waals surface area contributed by atoms with E-state index in [1.807, 2.05) is 55.5 Å². The number of nitrogens with one attached hydrogen (secondary N) is 1. The topological polar surface area (TPSA) is 47.6 Å². The first kappa shape index (κ1) is 17.6. The van der Waals surface area contributed by atoms with Gasteiger partial charge in [0.1, 0.15) is 11.5 Å². The lowest BCUT2D eigenvalue weighted by Crippen LogP contribution is -2.26. The van der Waals surface area contributed by atoms with Gasteiger partial charge in [0.2, 0.25) is 5.91 Å². The average Bonchev–Trinajstić information content (AvgIpc) is 2.64. The first-order valence-electron chi connectivity index (χ1n) is 7.92. The number of methoxy groups -OCH3 is 2. The van der Waals surface area contributed by atoms with E-state index in [9.17, 15) is 4.79 Å². The fourth-order valence-electron chi connectivity index (χ4n) is 2.39. The summed E-state index contributed by atoms with van der Waals surface area (Å²) < 4.78 is 10.3. The van der Waals surface area contributed by atoms with E-state index in [0.29, 0.717) is 0 Å². The second-order valence-electron chi connectivity index (χ2n) is 5.35. The van der Waals surface area contributed by atoms with E-state index in [1.54, 1.807) is 26.4 Å². The third-order valence-electron chi connectivity index (χ3n) is 3.76. The highest BCUT2D eigenvalue weighted by Crippen LogP contribution is 2.20. The number of carbonyl (C=O) groups is 1. The van der Waals surface area contributed by atoms with Crippen LogP contribution in [0.3, 0.4) is 0 Å². The summed E-state index contributed by atoms with van der Waals surface area (Å²) in [6, 6.07) is 15.3. The molecule has 0 radical (unpaired) electrons. The van der Waals surface area contributed by atoms with Crippen LogP contribution in [-0.4, -0.2) is 20.1 Å². The minimum atomic E-state index is -0.125. The fraction of sp³-hybridized carbons (Fsp3) is 0.250. The van der Waals surface area contributed by atoms with Crippen LogP contribution in [0.15, 0.2) is 54.6 Å². The zero-order valence-corrected chi connectivity index (χ0v) is 14.3. The maximum Gasteiger partial charge on any atom is 0.244 e. The quantitative estimate of drug-likeness (QED) is 0.783.